The quantitative estimate of drug-likeness (QED) is 0.906. The number of Topliss-reactive ketones (excluding diaryl/α,β-unsaturated/α-hetero) is 1. The summed E-state index contributed by atoms with van der Waals surface area (Å²) in [6, 6.07) is 5.46. The second-order valence-electron chi connectivity index (χ2n) is 5.86. The van der Waals surface area contributed by atoms with Gasteiger partial charge in [0.25, 0.3) is 0 Å². The summed E-state index contributed by atoms with van der Waals surface area (Å²) in [5, 5.41) is 3.62. The monoisotopic (exact) mass is 323 g/mol. The van der Waals surface area contributed by atoms with Crippen LogP contribution in [0.15, 0.2) is 18.2 Å². The maximum atomic E-state index is 12.2. The third-order valence-corrected chi connectivity index (χ3v) is 4.48. The fourth-order valence-corrected chi connectivity index (χ4v) is 3.18. The molecule has 0 heterocycles. The van der Waals surface area contributed by atoms with Crippen LogP contribution in [0.25, 0.3) is 0 Å². The number of methoxy groups -OCH3 is 1. The van der Waals surface area contributed by atoms with E-state index in [0.717, 1.165) is 11.3 Å². The molecule has 1 aliphatic rings. The molecule has 1 aromatic rings. The first kappa shape index (κ1) is 16.8. The number of amides is 1. The highest BCUT2D eigenvalue weighted by Gasteiger charge is 2.30. The summed E-state index contributed by atoms with van der Waals surface area (Å²) in [7, 11) is 1.62. The second-order valence-corrected chi connectivity index (χ2v) is 6.30. The minimum Gasteiger partial charge on any atom is -0.496 e. The molecule has 4 nitrogen and oxygen atoms in total. The van der Waals surface area contributed by atoms with Gasteiger partial charge in [-0.1, -0.05) is 18.5 Å². The highest BCUT2D eigenvalue weighted by Crippen LogP contribution is 2.28. The van der Waals surface area contributed by atoms with Gasteiger partial charge in [-0.05, 0) is 42.5 Å². The number of benzene rings is 1. The van der Waals surface area contributed by atoms with Crippen molar-refractivity contribution in [3.63, 3.8) is 0 Å². The Bertz CT molecular complexity index is 559. The van der Waals surface area contributed by atoms with Crippen LogP contribution in [-0.2, 0) is 16.0 Å². The summed E-state index contributed by atoms with van der Waals surface area (Å²) < 4.78 is 5.29. The Morgan fingerprint density at radius 3 is 2.91 bits per heavy atom. The zero-order chi connectivity index (χ0) is 16.1. The summed E-state index contributed by atoms with van der Waals surface area (Å²) in [5.74, 6) is 1.15. The minimum absolute atomic E-state index is 0.0426. The van der Waals surface area contributed by atoms with Crippen LogP contribution in [-0.4, -0.2) is 25.3 Å². The SMILES string of the molecule is COc1ccc(Cl)cc1CCNC(=O)[C@H]1CCC(=O)C[C@@H]1C. The van der Waals surface area contributed by atoms with Crippen molar-refractivity contribution in [1.29, 1.82) is 0 Å². The zero-order valence-electron chi connectivity index (χ0n) is 13.0. The summed E-state index contributed by atoms with van der Waals surface area (Å²) in [6.07, 6.45) is 2.35. The molecule has 5 heteroatoms. The molecule has 1 amide bonds. The van der Waals surface area contributed by atoms with Crippen LogP contribution in [0.5, 0.6) is 5.75 Å². The Labute approximate surface area is 136 Å². The van der Waals surface area contributed by atoms with E-state index in [1.807, 2.05) is 19.1 Å². The van der Waals surface area contributed by atoms with E-state index in [0.29, 0.717) is 37.3 Å². The van der Waals surface area contributed by atoms with Gasteiger partial charge in [-0.3, -0.25) is 9.59 Å². The van der Waals surface area contributed by atoms with E-state index < -0.39 is 0 Å². The largest absolute Gasteiger partial charge is 0.496 e. The number of halogens is 1. The smallest absolute Gasteiger partial charge is 0.223 e. The molecule has 1 saturated carbocycles. The average molecular weight is 324 g/mol. The lowest BCUT2D eigenvalue weighted by atomic mass is 9.79. The second kappa shape index (κ2) is 7.63. The molecule has 2 rings (SSSR count). The Morgan fingerprint density at radius 1 is 1.45 bits per heavy atom. The van der Waals surface area contributed by atoms with Crippen LogP contribution < -0.4 is 10.1 Å². The van der Waals surface area contributed by atoms with E-state index in [1.54, 1.807) is 13.2 Å². The van der Waals surface area contributed by atoms with Gasteiger partial charge in [0.05, 0.1) is 7.11 Å². The van der Waals surface area contributed by atoms with Crippen molar-refractivity contribution in [1.82, 2.24) is 5.32 Å². The Balaban J connectivity index is 1.87. The van der Waals surface area contributed by atoms with Crippen molar-refractivity contribution >= 4 is 23.3 Å². The van der Waals surface area contributed by atoms with E-state index in [9.17, 15) is 9.59 Å². The van der Waals surface area contributed by atoms with Crippen molar-refractivity contribution in [3.8, 4) is 5.75 Å². The van der Waals surface area contributed by atoms with E-state index in [1.165, 1.54) is 0 Å². The van der Waals surface area contributed by atoms with Crippen LogP contribution in [0, 0.1) is 11.8 Å². The summed E-state index contributed by atoms with van der Waals surface area (Å²) in [6.45, 7) is 2.51. The first-order chi connectivity index (χ1) is 10.5. The van der Waals surface area contributed by atoms with E-state index in [-0.39, 0.29) is 23.5 Å². The molecular weight excluding hydrogens is 302 g/mol. The van der Waals surface area contributed by atoms with E-state index in [2.05, 4.69) is 5.32 Å². The number of ether oxygens (including phenoxy) is 1. The fourth-order valence-electron chi connectivity index (χ4n) is 2.99. The fraction of sp³-hybridized carbons (Fsp3) is 0.529. The van der Waals surface area contributed by atoms with Crippen LogP contribution in [0.1, 0.15) is 31.7 Å². The van der Waals surface area contributed by atoms with E-state index in [4.69, 9.17) is 16.3 Å². The number of nitrogens with one attached hydrogen (secondary N) is 1. The van der Waals surface area contributed by atoms with Crippen molar-refractivity contribution < 1.29 is 14.3 Å². The molecule has 120 valence electrons. The van der Waals surface area contributed by atoms with Crippen molar-refractivity contribution in [2.45, 2.75) is 32.6 Å². The van der Waals surface area contributed by atoms with Gasteiger partial charge in [-0.15, -0.1) is 0 Å². The number of hydrogen-bond acceptors (Lipinski definition) is 3. The molecule has 1 aromatic carbocycles. The van der Waals surface area contributed by atoms with Crippen molar-refractivity contribution in [3.05, 3.63) is 28.8 Å². The third kappa shape index (κ3) is 4.23. The molecule has 0 spiro atoms. The molecule has 0 aliphatic heterocycles. The van der Waals surface area contributed by atoms with Crippen molar-refractivity contribution in [2.75, 3.05) is 13.7 Å². The summed E-state index contributed by atoms with van der Waals surface area (Å²) in [5.41, 5.74) is 0.974. The predicted octanol–water partition coefficient (Wildman–Crippen LogP) is 3.01. The van der Waals surface area contributed by atoms with Crippen molar-refractivity contribution in [2.24, 2.45) is 11.8 Å². The highest BCUT2D eigenvalue weighted by atomic mass is 35.5. The number of carbonyl (C=O) groups excluding carboxylic acids is 2. The first-order valence-corrected chi connectivity index (χ1v) is 8.01. The molecule has 1 fully saturated rings. The van der Waals surface area contributed by atoms with Gasteiger partial charge in [-0.2, -0.15) is 0 Å². The van der Waals surface area contributed by atoms with Crippen LogP contribution in [0.3, 0.4) is 0 Å². The average Bonchev–Trinajstić information content (AvgIpc) is 2.47. The molecule has 0 radical (unpaired) electrons. The van der Waals surface area contributed by atoms with Crippen LogP contribution >= 0.6 is 11.6 Å². The van der Waals surface area contributed by atoms with Gasteiger partial charge < -0.3 is 10.1 Å². The standard InChI is InChI=1S/C17H22ClNO3/c1-11-9-14(20)4-5-15(11)17(21)19-8-7-12-10-13(18)3-6-16(12)22-2/h3,6,10-11,15H,4-5,7-9H2,1-2H3,(H,19,21)/t11-,15-/m0/s1. The molecule has 2 atom stereocenters. The van der Waals surface area contributed by atoms with Crippen LogP contribution in [0.2, 0.25) is 5.02 Å². The summed E-state index contributed by atoms with van der Waals surface area (Å²) in [4.78, 5) is 23.6. The molecule has 0 saturated heterocycles. The normalized spacial score (nSPS) is 21.5. The number of hydrogen-bond donors (Lipinski definition) is 1. The maximum Gasteiger partial charge on any atom is 0.223 e. The van der Waals surface area contributed by atoms with Gasteiger partial charge in [0, 0.05) is 30.3 Å². The number of rotatable bonds is 5. The third-order valence-electron chi connectivity index (χ3n) is 4.24. The molecule has 22 heavy (non-hydrogen) atoms. The molecule has 1 N–H and O–H groups in total. The van der Waals surface area contributed by atoms with Gasteiger partial charge >= 0.3 is 0 Å². The van der Waals surface area contributed by atoms with Crippen LogP contribution in [0.4, 0.5) is 0 Å². The topological polar surface area (TPSA) is 55.4 Å². The molecule has 0 aromatic heterocycles. The lowest BCUT2D eigenvalue weighted by Crippen LogP contribution is -2.38. The molecular formula is C17H22ClNO3. The predicted molar refractivity (Wildman–Crippen MR) is 86.2 cm³/mol. The van der Waals surface area contributed by atoms with Gasteiger partial charge in [0.15, 0.2) is 0 Å². The molecule has 0 unspecified atom stereocenters. The first-order valence-electron chi connectivity index (χ1n) is 7.63. The summed E-state index contributed by atoms with van der Waals surface area (Å²) >= 11 is 5.99. The minimum atomic E-state index is -0.0565. The Morgan fingerprint density at radius 2 is 2.23 bits per heavy atom. The zero-order valence-corrected chi connectivity index (χ0v) is 13.8. The highest BCUT2D eigenvalue weighted by molar-refractivity contribution is 6.30. The lowest BCUT2D eigenvalue weighted by molar-refractivity contribution is -0.130. The molecule has 0 bridgehead atoms. The van der Waals surface area contributed by atoms with Gasteiger partial charge in [0.2, 0.25) is 5.91 Å². The maximum absolute atomic E-state index is 12.2. The Kier molecular flexibility index (Phi) is 5.83. The molecule has 1 aliphatic carbocycles. The lowest BCUT2D eigenvalue weighted by Gasteiger charge is -2.26. The number of carbonyl (C=O) groups is 2. The van der Waals surface area contributed by atoms with Gasteiger partial charge in [-0.25, -0.2) is 0 Å². The van der Waals surface area contributed by atoms with E-state index >= 15 is 0 Å². The Hall–Kier alpha value is -1.55. The number of ketones is 1. The van der Waals surface area contributed by atoms with Gasteiger partial charge in [0.1, 0.15) is 11.5 Å².